The number of allylic oxidation sites excluding steroid dienone is 2. The van der Waals surface area contributed by atoms with E-state index in [0.717, 1.165) is 0 Å². The summed E-state index contributed by atoms with van der Waals surface area (Å²) in [4.78, 5) is 33.3. The monoisotopic (exact) mass is 401 g/mol. The second-order valence-electron chi connectivity index (χ2n) is 6.97. The van der Waals surface area contributed by atoms with Gasteiger partial charge in [-0.1, -0.05) is 12.1 Å². The number of hydrogen-bond acceptors (Lipinski definition) is 8. The molecule has 0 fully saturated rings. The Balaban J connectivity index is 2.77. The molecule has 1 atom stereocenters. The molecule has 154 valence electrons. The molecule has 1 aliphatic rings. The highest BCUT2D eigenvalue weighted by Gasteiger charge is 2.41. The minimum atomic E-state index is -0.969. The summed E-state index contributed by atoms with van der Waals surface area (Å²) in [6.45, 7) is 5.32. The standard InChI is InChI=1S/C20H23N3O6/c1-12-19(20(2,3)29-28-5)18(13-7-6-8-14(9-13)23(25)26)15(10-17(24)27-4)16(11-21)22-12/h6-9,18,22H,10H2,1-5H3. The van der Waals surface area contributed by atoms with Crippen molar-refractivity contribution in [3.05, 3.63) is 62.5 Å². The van der Waals surface area contributed by atoms with E-state index in [0.29, 0.717) is 22.4 Å². The third-order valence-corrected chi connectivity index (χ3v) is 4.70. The van der Waals surface area contributed by atoms with Crippen LogP contribution in [0.4, 0.5) is 5.69 Å². The number of ether oxygens (including phenoxy) is 1. The molecule has 0 saturated heterocycles. The number of nitrogens with zero attached hydrogens (tertiary/aromatic N) is 2. The molecule has 0 radical (unpaired) electrons. The van der Waals surface area contributed by atoms with E-state index in [9.17, 15) is 20.2 Å². The smallest absolute Gasteiger partial charge is 0.309 e. The number of carbonyl (C=O) groups excluding carboxylic acids is 1. The van der Waals surface area contributed by atoms with E-state index in [4.69, 9.17) is 14.5 Å². The number of dihydropyridines is 1. The Morgan fingerprint density at radius 1 is 1.38 bits per heavy atom. The van der Waals surface area contributed by atoms with Gasteiger partial charge in [-0.3, -0.25) is 14.9 Å². The Hall–Kier alpha value is -3.22. The molecule has 0 amide bonds. The van der Waals surface area contributed by atoms with Gasteiger partial charge in [-0.25, -0.2) is 9.78 Å². The normalized spacial score (nSPS) is 16.9. The van der Waals surface area contributed by atoms with Gasteiger partial charge in [0, 0.05) is 23.7 Å². The van der Waals surface area contributed by atoms with Gasteiger partial charge < -0.3 is 10.1 Å². The van der Waals surface area contributed by atoms with Crippen LogP contribution in [-0.4, -0.2) is 30.7 Å². The zero-order valence-electron chi connectivity index (χ0n) is 16.9. The molecule has 0 spiro atoms. The third kappa shape index (κ3) is 4.62. The lowest BCUT2D eigenvalue weighted by atomic mass is 9.73. The highest BCUT2D eigenvalue weighted by Crippen LogP contribution is 2.45. The molecule has 1 unspecified atom stereocenters. The maximum absolute atomic E-state index is 12.1. The molecule has 0 aromatic heterocycles. The lowest BCUT2D eigenvalue weighted by Gasteiger charge is -2.38. The van der Waals surface area contributed by atoms with Gasteiger partial charge in [-0.2, -0.15) is 5.26 Å². The highest BCUT2D eigenvalue weighted by molar-refractivity contribution is 5.74. The van der Waals surface area contributed by atoms with Crippen LogP contribution in [-0.2, 0) is 19.3 Å². The molecule has 1 heterocycles. The van der Waals surface area contributed by atoms with Crippen molar-refractivity contribution in [2.75, 3.05) is 14.2 Å². The first kappa shape index (κ1) is 22.1. The minimum Gasteiger partial charge on any atom is -0.469 e. The van der Waals surface area contributed by atoms with Crippen molar-refractivity contribution >= 4 is 11.7 Å². The Morgan fingerprint density at radius 3 is 2.62 bits per heavy atom. The summed E-state index contributed by atoms with van der Waals surface area (Å²) in [6.07, 6.45) is -0.167. The number of rotatable bonds is 7. The fraction of sp³-hybridized carbons (Fsp3) is 0.400. The second kappa shape index (κ2) is 8.86. The summed E-state index contributed by atoms with van der Waals surface area (Å²) in [7, 11) is 2.63. The van der Waals surface area contributed by atoms with Crippen LogP contribution in [0.3, 0.4) is 0 Å². The summed E-state index contributed by atoms with van der Waals surface area (Å²) in [5, 5.41) is 24.0. The summed E-state index contributed by atoms with van der Waals surface area (Å²) in [6, 6.07) is 8.16. The SMILES string of the molecule is COOC(C)(C)C1=C(C)NC(C#N)=C(CC(=O)OC)C1c1cccc([N+](=O)[O-])c1. The number of nitriles is 1. The predicted octanol–water partition coefficient (Wildman–Crippen LogP) is 3.25. The summed E-state index contributed by atoms with van der Waals surface area (Å²) < 4.78 is 4.80. The first-order valence-electron chi connectivity index (χ1n) is 8.80. The van der Waals surface area contributed by atoms with Crippen LogP contribution in [0.5, 0.6) is 0 Å². The first-order chi connectivity index (χ1) is 13.7. The van der Waals surface area contributed by atoms with Crippen molar-refractivity contribution in [3.63, 3.8) is 0 Å². The lowest BCUT2D eigenvalue weighted by molar-refractivity contribution is -0.384. The van der Waals surface area contributed by atoms with Crippen molar-refractivity contribution in [1.29, 1.82) is 5.26 Å². The van der Waals surface area contributed by atoms with E-state index >= 15 is 0 Å². The van der Waals surface area contributed by atoms with Gasteiger partial charge in [0.2, 0.25) is 0 Å². The fourth-order valence-electron chi connectivity index (χ4n) is 3.63. The molecule has 9 heteroatoms. The molecule has 2 rings (SSSR count). The van der Waals surface area contributed by atoms with Gasteiger partial charge in [0.1, 0.15) is 17.4 Å². The Bertz CT molecular complexity index is 926. The third-order valence-electron chi connectivity index (χ3n) is 4.70. The summed E-state index contributed by atoms with van der Waals surface area (Å²) in [5.74, 6) is -1.16. The zero-order valence-corrected chi connectivity index (χ0v) is 16.9. The topological polar surface area (TPSA) is 124 Å². The molecule has 0 bridgehead atoms. The van der Waals surface area contributed by atoms with Crippen molar-refractivity contribution < 1.29 is 24.2 Å². The molecule has 1 aliphatic heterocycles. The number of non-ortho nitro benzene ring substituents is 1. The van der Waals surface area contributed by atoms with E-state index in [1.165, 1.54) is 26.4 Å². The Kier molecular flexibility index (Phi) is 6.74. The second-order valence-corrected chi connectivity index (χ2v) is 6.97. The van der Waals surface area contributed by atoms with Crippen LogP contribution in [0, 0.1) is 21.4 Å². The van der Waals surface area contributed by atoms with Crippen molar-refractivity contribution in [3.8, 4) is 6.07 Å². The zero-order chi connectivity index (χ0) is 21.8. The molecule has 1 N–H and O–H groups in total. The van der Waals surface area contributed by atoms with E-state index in [-0.39, 0.29) is 17.8 Å². The van der Waals surface area contributed by atoms with Gasteiger partial charge >= 0.3 is 5.97 Å². The minimum absolute atomic E-state index is 0.0978. The van der Waals surface area contributed by atoms with Crippen molar-refractivity contribution in [2.24, 2.45) is 0 Å². The van der Waals surface area contributed by atoms with Crippen LogP contribution in [0.1, 0.15) is 38.7 Å². The fourth-order valence-corrected chi connectivity index (χ4v) is 3.63. The molecular formula is C20H23N3O6. The van der Waals surface area contributed by atoms with Gasteiger partial charge in [0.15, 0.2) is 0 Å². The number of esters is 1. The maximum Gasteiger partial charge on any atom is 0.309 e. The molecule has 9 nitrogen and oxygen atoms in total. The summed E-state index contributed by atoms with van der Waals surface area (Å²) >= 11 is 0. The largest absolute Gasteiger partial charge is 0.469 e. The average molecular weight is 401 g/mol. The van der Waals surface area contributed by atoms with Gasteiger partial charge in [-0.05, 0) is 37.5 Å². The highest BCUT2D eigenvalue weighted by atomic mass is 17.2. The number of nitro benzene ring substituents is 1. The van der Waals surface area contributed by atoms with Crippen LogP contribution in [0.2, 0.25) is 0 Å². The van der Waals surface area contributed by atoms with Crippen LogP contribution in [0.25, 0.3) is 0 Å². The lowest BCUT2D eigenvalue weighted by Crippen LogP contribution is -2.38. The molecule has 1 aromatic carbocycles. The van der Waals surface area contributed by atoms with Crippen LogP contribution in [0.15, 0.2) is 46.8 Å². The summed E-state index contributed by atoms with van der Waals surface area (Å²) in [5.41, 5.74) is 1.43. The van der Waals surface area contributed by atoms with E-state index in [1.807, 2.05) is 0 Å². The van der Waals surface area contributed by atoms with Crippen molar-refractivity contribution in [1.82, 2.24) is 5.32 Å². The van der Waals surface area contributed by atoms with Gasteiger partial charge in [0.25, 0.3) is 5.69 Å². The number of nitrogens with one attached hydrogen (secondary N) is 1. The molecule has 0 saturated carbocycles. The van der Waals surface area contributed by atoms with Gasteiger partial charge in [-0.15, -0.1) is 0 Å². The Labute approximate surface area is 168 Å². The van der Waals surface area contributed by atoms with Crippen LogP contribution >= 0.6 is 0 Å². The average Bonchev–Trinajstić information content (AvgIpc) is 2.68. The van der Waals surface area contributed by atoms with Gasteiger partial charge in [0.05, 0.1) is 25.6 Å². The number of nitro groups is 1. The Morgan fingerprint density at radius 2 is 2.07 bits per heavy atom. The molecule has 1 aromatic rings. The number of methoxy groups -OCH3 is 1. The van der Waals surface area contributed by atoms with Crippen LogP contribution < -0.4 is 5.32 Å². The van der Waals surface area contributed by atoms with E-state index in [1.54, 1.807) is 32.9 Å². The quantitative estimate of drug-likeness (QED) is 0.320. The first-order valence-corrected chi connectivity index (χ1v) is 8.80. The number of hydrogen-bond donors (Lipinski definition) is 1. The number of benzene rings is 1. The van der Waals surface area contributed by atoms with Crippen molar-refractivity contribution in [2.45, 2.75) is 38.7 Å². The molecule has 0 aliphatic carbocycles. The number of carbonyl (C=O) groups is 1. The molecular weight excluding hydrogens is 378 g/mol. The molecule has 29 heavy (non-hydrogen) atoms. The maximum atomic E-state index is 12.1. The van der Waals surface area contributed by atoms with E-state index < -0.39 is 22.4 Å². The van der Waals surface area contributed by atoms with E-state index in [2.05, 4.69) is 11.4 Å². The predicted molar refractivity (Wildman–Crippen MR) is 103 cm³/mol.